The van der Waals surface area contributed by atoms with Gasteiger partial charge in [0, 0.05) is 6.07 Å². The van der Waals surface area contributed by atoms with Gasteiger partial charge in [-0.05, 0) is 42.8 Å². The highest BCUT2D eigenvalue weighted by atomic mass is 16.5. The van der Waals surface area contributed by atoms with Gasteiger partial charge in [-0.1, -0.05) is 0 Å². The van der Waals surface area contributed by atoms with Crippen LogP contribution in [0, 0.1) is 18.3 Å². The van der Waals surface area contributed by atoms with Crippen molar-refractivity contribution in [2.75, 3.05) is 7.11 Å². The molecule has 106 valence electrons. The van der Waals surface area contributed by atoms with E-state index in [1.165, 1.54) is 13.2 Å². The molecule has 5 heteroatoms. The van der Waals surface area contributed by atoms with E-state index in [2.05, 4.69) is 0 Å². The first-order chi connectivity index (χ1) is 10.0. The summed E-state index contributed by atoms with van der Waals surface area (Å²) >= 11 is 0. The van der Waals surface area contributed by atoms with Crippen LogP contribution in [0.15, 0.2) is 36.4 Å². The van der Waals surface area contributed by atoms with Crippen LogP contribution in [0.4, 0.5) is 0 Å². The Balaban J connectivity index is 2.32. The SMILES string of the molecule is COc1cc(C#N)cc(Oc2ccc(C(=O)O)c(C)c2)c1. The molecule has 0 aliphatic heterocycles. The van der Waals surface area contributed by atoms with Crippen LogP contribution < -0.4 is 9.47 Å². The summed E-state index contributed by atoms with van der Waals surface area (Å²) in [6.07, 6.45) is 0. The maximum Gasteiger partial charge on any atom is 0.335 e. The first-order valence-corrected chi connectivity index (χ1v) is 6.14. The zero-order chi connectivity index (χ0) is 15.4. The quantitative estimate of drug-likeness (QED) is 0.930. The van der Waals surface area contributed by atoms with Gasteiger partial charge < -0.3 is 14.6 Å². The van der Waals surface area contributed by atoms with Crippen molar-refractivity contribution in [2.45, 2.75) is 6.92 Å². The van der Waals surface area contributed by atoms with Crippen LogP contribution in [0.2, 0.25) is 0 Å². The number of hydrogen-bond donors (Lipinski definition) is 1. The molecule has 2 aromatic carbocycles. The third-order valence-corrected chi connectivity index (χ3v) is 2.91. The zero-order valence-corrected chi connectivity index (χ0v) is 11.6. The number of hydrogen-bond acceptors (Lipinski definition) is 4. The van der Waals surface area contributed by atoms with Crippen LogP contribution in [-0.4, -0.2) is 18.2 Å². The van der Waals surface area contributed by atoms with Crippen LogP contribution in [0.1, 0.15) is 21.5 Å². The van der Waals surface area contributed by atoms with Crippen molar-refractivity contribution in [3.63, 3.8) is 0 Å². The molecule has 0 unspecified atom stereocenters. The lowest BCUT2D eigenvalue weighted by molar-refractivity contribution is 0.0696. The lowest BCUT2D eigenvalue weighted by Crippen LogP contribution is -1.99. The molecule has 0 amide bonds. The number of ether oxygens (including phenoxy) is 2. The number of carbonyl (C=O) groups is 1. The molecule has 0 bridgehead atoms. The number of methoxy groups -OCH3 is 1. The van der Waals surface area contributed by atoms with Crippen LogP contribution in [0.25, 0.3) is 0 Å². The number of carboxylic acid groups (broad SMARTS) is 1. The Bertz CT molecular complexity index is 732. The molecule has 0 aromatic heterocycles. The number of nitriles is 1. The van der Waals surface area contributed by atoms with Crippen LogP contribution in [-0.2, 0) is 0 Å². The Morgan fingerprint density at radius 1 is 1.14 bits per heavy atom. The predicted molar refractivity (Wildman–Crippen MR) is 75.9 cm³/mol. The molecule has 0 saturated carbocycles. The smallest absolute Gasteiger partial charge is 0.335 e. The lowest BCUT2D eigenvalue weighted by Gasteiger charge is -2.09. The van der Waals surface area contributed by atoms with E-state index in [9.17, 15) is 4.79 Å². The minimum atomic E-state index is -0.979. The maximum absolute atomic E-state index is 11.0. The van der Waals surface area contributed by atoms with Crippen molar-refractivity contribution in [1.82, 2.24) is 0 Å². The summed E-state index contributed by atoms with van der Waals surface area (Å²) in [5.74, 6) is 0.484. The number of rotatable bonds is 4. The summed E-state index contributed by atoms with van der Waals surface area (Å²) in [5.41, 5.74) is 1.25. The monoisotopic (exact) mass is 283 g/mol. The fourth-order valence-corrected chi connectivity index (χ4v) is 1.89. The van der Waals surface area contributed by atoms with Crippen molar-refractivity contribution < 1.29 is 19.4 Å². The van der Waals surface area contributed by atoms with E-state index in [1.54, 1.807) is 37.3 Å². The average molecular weight is 283 g/mol. The van der Waals surface area contributed by atoms with Gasteiger partial charge in [-0.2, -0.15) is 5.26 Å². The van der Waals surface area contributed by atoms with Crippen molar-refractivity contribution in [3.05, 3.63) is 53.1 Å². The van der Waals surface area contributed by atoms with E-state index >= 15 is 0 Å². The van der Waals surface area contributed by atoms with Crippen molar-refractivity contribution in [2.24, 2.45) is 0 Å². The summed E-state index contributed by atoms with van der Waals surface area (Å²) < 4.78 is 10.8. The van der Waals surface area contributed by atoms with E-state index in [0.717, 1.165) is 0 Å². The maximum atomic E-state index is 11.0. The van der Waals surface area contributed by atoms with Gasteiger partial charge in [-0.3, -0.25) is 0 Å². The summed E-state index contributed by atoms with van der Waals surface area (Å²) in [7, 11) is 1.51. The highest BCUT2D eigenvalue weighted by Crippen LogP contribution is 2.28. The fourth-order valence-electron chi connectivity index (χ4n) is 1.89. The molecule has 0 aliphatic rings. The molecule has 0 aliphatic carbocycles. The third kappa shape index (κ3) is 3.31. The molecule has 0 radical (unpaired) electrons. The number of benzene rings is 2. The second kappa shape index (κ2) is 5.97. The normalized spacial score (nSPS) is 9.76. The van der Waals surface area contributed by atoms with E-state index in [4.69, 9.17) is 19.8 Å². The van der Waals surface area contributed by atoms with Gasteiger partial charge in [-0.15, -0.1) is 0 Å². The molecule has 0 atom stereocenters. The zero-order valence-electron chi connectivity index (χ0n) is 11.6. The average Bonchev–Trinajstić information content (AvgIpc) is 2.46. The molecule has 5 nitrogen and oxygen atoms in total. The molecule has 2 aromatic rings. The predicted octanol–water partition coefficient (Wildman–Crippen LogP) is 3.37. The molecule has 0 spiro atoms. The van der Waals surface area contributed by atoms with Crippen molar-refractivity contribution in [1.29, 1.82) is 5.26 Å². The van der Waals surface area contributed by atoms with Gasteiger partial charge in [0.05, 0.1) is 24.3 Å². The highest BCUT2D eigenvalue weighted by molar-refractivity contribution is 5.89. The number of aryl methyl sites for hydroxylation is 1. The Morgan fingerprint density at radius 3 is 2.43 bits per heavy atom. The highest BCUT2D eigenvalue weighted by Gasteiger charge is 2.09. The van der Waals surface area contributed by atoms with Gasteiger partial charge in [0.2, 0.25) is 0 Å². The molecule has 0 saturated heterocycles. The van der Waals surface area contributed by atoms with E-state index in [-0.39, 0.29) is 5.56 Å². The summed E-state index contributed by atoms with van der Waals surface area (Å²) in [4.78, 5) is 11.0. The molecular weight excluding hydrogens is 270 g/mol. The number of carboxylic acids is 1. The minimum Gasteiger partial charge on any atom is -0.497 e. The standard InChI is InChI=1S/C16H13NO4/c1-10-5-12(3-4-15(10)16(18)19)21-14-7-11(9-17)6-13(8-14)20-2/h3-8H,1-2H3,(H,18,19). The van der Waals surface area contributed by atoms with Crippen LogP contribution >= 0.6 is 0 Å². The third-order valence-electron chi connectivity index (χ3n) is 2.91. The Hall–Kier alpha value is -3.00. The minimum absolute atomic E-state index is 0.228. The molecule has 2 rings (SSSR count). The topological polar surface area (TPSA) is 79.5 Å². The second-order valence-electron chi connectivity index (χ2n) is 4.39. The van der Waals surface area contributed by atoms with Gasteiger partial charge >= 0.3 is 5.97 Å². The first-order valence-electron chi connectivity index (χ1n) is 6.14. The van der Waals surface area contributed by atoms with E-state index in [0.29, 0.717) is 28.4 Å². The second-order valence-corrected chi connectivity index (χ2v) is 4.39. The first kappa shape index (κ1) is 14.4. The van der Waals surface area contributed by atoms with Gasteiger partial charge in [-0.25, -0.2) is 4.79 Å². The Morgan fingerprint density at radius 2 is 1.86 bits per heavy atom. The molecular formula is C16H13NO4. The molecule has 21 heavy (non-hydrogen) atoms. The van der Waals surface area contributed by atoms with Crippen molar-refractivity contribution in [3.8, 4) is 23.3 Å². The molecule has 0 heterocycles. The summed E-state index contributed by atoms with van der Waals surface area (Å²) in [5, 5.41) is 18.0. The summed E-state index contributed by atoms with van der Waals surface area (Å²) in [6, 6.07) is 11.6. The van der Waals surface area contributed by atoms with Gasteiger partial charge in [0.25, 0.3) is 0 Å². The van der Waals surface area contributed by atoms with Gasteiger partial charge in [0.1, 0.15) is 17.2 Å². The van der Waals surface area contributed by atoms with Crippen molar-refractivity contribution >= 4 is 5.97 Å². The largest absolute Gasteiger partial charge is 0.497 e. The lowest BCUT2D eigenvalue weighted by atomic mass is 10.1. The number of aromatic carboxylic acids is 1. The van der Waals surface area contributed by atoms with E-state index in [1.807, 2.05) is 6.07 Å². The number of nitrogens with zero attached hydrogens (tertiary/aromatic N) is 1. The molecule has 0 fully saturated rings. The Labute approximate surface area is 122 Å². The van der Waals surface area contributed by atoms with E-state index < -0.39 is 5.97 Å². The fraction of sp³-hybridized carbons (Fsp3) is 0.125. The van der Waals surface area contributed by atoms with Crippen LogP contribution in [0.5, 0.6) is 17.2 Å². The molecule has 1 N–H and O–H groups in total. The van der Waals surface area contributed by atoms with Crippen LogP contribution in [0.3, 0.4) is 0 Å². The summed E-state index contributed by atoms with van der Waals surface area (Å²) in [6.45, 7) is 1.70. The van der Waals surface area contributed by atoms with Gasteiger partial charge in [0.15, 0.2) is 0 Å². The Kier molecular flexibility index (Phi) is 4.10.